The van der Waals surface area contributed by atoms with Crippen molar-refractivity contribution >= 4 is 41.5 Å². The van der Waals surface area contributed by atoms with Crippen LogP contribution < -0.4 is 32.7 Å². The van der Waals surface area contributed by atoms with Gasteiger partial charge in [-0.15, -0.1) is 0 Å². The summed E-state index contributed by atoms with van der Waals surface area (Å²) >= 11 is 0. The van der Waals surface area contributed by atoms with Gasteiger partial charge in [-0.2, -0.15) is 0 Å². The van der Waals surface area contributed by atoms with Gasteiger partial charge in [0.15, 0.2) is 0 Å². The summed E-state index contributed by atoms with van der Waals surface area (Å²) in [6.07, 6.45) is 1.05. The first-order chi connectivity index (χ1) is 23.0. The maximum atomic E-state index is 13.5. The minimum Gasteiger partial charge on any atom is -0.508 e. The Morgan fingerprint density at radius 3 is 2.10 bits per heavy atom. The fourth-order valence-electron chi connectivity index (χ4n) is 5.34. The van der Waals surface area contributed by atoms with E-state index in [9.17, 15) is 48.9 Å². The standard InChI is InChI=1S/C32H49N7O10/c1-17(2)26(38-28(44)21(34)15-19-9-11-20(40)12-10-19)30(46)35-18(3)27(43)37-23(16-25(41)42)31(47)39-14-6-8-24(39)29(45)36-22(32(48)49)7-4-5-13-33/h9-12,17-18,21-24,26,40H,4-8,13-16,33-34H2,1-3H3,(H,35,46)(H,36,45)(H,37,43)(H,38,44)(H,41,42)(H,48,49)/t18-,21-,22-,23-,24-,26-/m0/s1. The molecular formula is C32H49N7O10. The third kappa shape index (κ3) is 12.6. The van der Waals surface area contributed by atoms with Crippen LogP contribution in [0.25, 0.3) is 0 Å². The van der Waals surface area contributed by atoms with Crippen LogP contribution in [-0.2, 0) is 40.0 Å². The van der Waals surface area contributed by atoms with Crippen LogP contribution in [-0.4, -0.2) is 111 Å². The van der Waals surface area contributed by atoms with Crippen molar-refractivity contribution in [3.63, 3.8) is 0 Å². The largest absolute Gasteiger partial charge is 0.508 e. The molecule has 0 saturated carbocycles. The number of carboxylic acids is 2. The van der Waals surface area contributed by atoms with Crippen molar-refractivity contribution < 1.29 is 48.9 Å². The van der Waals surface area contributed by atoms with Gasteiger partial charge in [-0.05, 0) is 75.6 Å². The number of benzene rings is 1. The molecule has 0 unspecified atom stereocenters. The number of phenols is 1. The van der Waals surface area contributed by atoms with Gasteiger partial charge in [-0.3, -0.25) is 28.8 Å². The molecule has 49 heavy (non-hydrogen) atoms. The monoisotopic (exact) mass is 691 g/mol. The number of unbranched alkanes of at least 4 members (excludes halogenated alkanes) is 1. The van der Waals surface area contributed by atoms with E-state index in [1.165, 1.54) is 19.1 Å². The molecule has 17 heteroatoms. The Balaban J connectivity index is 2.07. The first kappa shape index (κ1) is 40.4. The number of hydrogen-bond acceptors (Lipinski definition) is 10. The summed E-state index contributed by atoms with van der Waals surface area (Å²) in [5.74, 6) is -6.83. The molecule has 0 aliphatic carbocycles. The molecule has 2 rings (SSSR count). The Labute approximate surface area is 284 Å². The highest BCUT2D eigenvalue weighted by Crippen LogP contribution is 2.20. The Morgan fingerprint density at radius 2 is 1.53 bits per heavy atom. The van der Waals surface area contributed by atoms with Crippen molar-refractivity contribution in [1.29, 1.82) is 0 Å². The number of nitrogens with one attached hydrogen (secondary N) is 4. The quantitative estimate of drug-likeness (QED) is 0.0754. The van der Waals surface area contributed by atoms with E-state index in [-0.39, 0.29) is 31.6 Å². The normalized spacial score (nSPS) is 17.3. The van der Waals surface area contributed by atoms with E-state index in [4.69, 9.17) is 11.5 Å². The number of aliphatic carboxylic acids is 2. The Hall–Kier alpha value is -4.77. The minimum atomic E-state index is -1.60. The van der Waals surface area contributed by atoms with E-state index < -0.39 is 90.1 Å². The minimum absolute atomic E-state index is 0.0544. The predicted molar refractivity (Wildman–Crippen MR) is 176 cm³/mol. The zero-order chi connectivity index (χ0) is 36.8. The number of carboxylic acid groups (broad SMARTS) is 2. The van der Waals surface area contributed by atoms with E-state index in [1.54, 1.807) is 26.0 Å². The maximum Gasteiger partial charge on any atom is 0.326 e. The number of carbonyl (C=O) groups excluding carboxylic acids is 5. The molecule has 272 valence electrons. The predicted octanol–water partition coefficient (Wildman–Crippen LogP) is -1.44. The number of nitrogens with zero attached hydrogens (tertiary/aromatic N) is 1. The lowest BCUT2D eigenvalue weighted by Gasteiger charge is -2.30. The number of likely N-dealkylation sites (tertiary alicyclic amines) is 1. The topological polar surface area (TPSA) is 284 Å². The molecule has 1 saturated heterocycles. The average molecular weight is 692 g/mol. The van der Waals surface area contributed by atoms with Gasteiger partial charge in [0.2, 0.25) is 29.5 Å². The Kier molecular flexibility index (Phi) is 15.9. The van der Waals surface area contributed by atoms with Crippen molar-refractivity contribution in [2.24, 2.45) is 17.4 Å². The van der Waals surface area contributed by atoms with E-state index >= 15 is 0 Å². The molecule has 1 aliphatic rings. The van der Waals surface area contributed by atoms with E-state index in [2.05, 4.69) is 21.3 Å². The van der Waals surface area contributed by atoms with Gasteiger partial charge in [0.05, 0.1) is 12.5 Å². The molecule has 5 amide bonds. The molecule has 0 radical (unpaired) electrons. The highest BCUT2D eigenvalue weighted by atomic mass is 16.4. The number of rotatable bonds is 19. The lowest BCUT2D eigenvalue weighted by atomic mass is 10.0. The lowest BCUT2D eigenvalue weighted by molar-refractivity contribution is -0.147. The van der Waals surface area contributed by atoms with Gasteiger partial charge in [-0.25, -0.2) is 4.79 Å². The molecule has 1 aromatic rings. The average Bonchev–Trinajstić information content (AvgIpc) is 3.53. The van der Waals surface area contributed by atoms with Crippen molar-refractivity contribution in [1.82, 2.24) is 26.2 Å². The molecule has 0 spiro atoms. The highest BCUT2D eigenvalue weighted by Gasteiger charge is 2.40. The van der Waals surface area contributed by atoms with Gasteiger partial charge in [0, 0.05) is 6.54 Å². The number of hydrogen-bond donors (Lipinski definition) is 9. The van der Waals surface area contributed by atoms with Crippen LogP contribution in [0.15, 0.2) is 24.3 Å². The Morgan fingerprint density at radius 1 is 0.878 bits per heavy atom. The van der Waals surface area contributed by atoms with Crippen LogP contribution in [0.5, 0.6) is 5.75 Å². The highest BCUT2D eigenvalue weighted by molar-refractivity contribution is 5.97. The van der Waals surface area contributed by atoms with Gasteiger partial charge < -0.3 is 53.0 Å². The summed E-state index contributed by atoms with van der Waals surface area (Å²) in [7, 11) is 0. The second kappa shape index (κ2) is 19.3. The smallest absolute Gasteiger partial charge is 0.326 e. The van der Waals surface area contributed by atoms with Gasteiger partial charge in [0.1, 0.15) is 36.0 Å². The van der Waals surface area contributed by atoms with Crippen LogP contribution in [0.3, 0.4) is 0 Å². The number of amides is 5. The maximum absolute atomic E-state index is 13.5. The second-order valence-corrected chi connectivity index (χ2v) is 12.5. The first-order valence-corrected chi connectivity index (χ1v) is 16.3. The molecule has 1 fully saturated rings. The van der Waals surface area contributed by atoms with Crippen molar-refractivity contribution in [3.05, 3.63) is 29.8 Å². The molecule has 1 aliphatic heterocycles. The van der Waals surface area contributed by atoms with Gasteiger partial charge in [-0.1, -0.05) is 26.0 Å². The molecular weight excluding hydrogens is 642 g/mol. The summed E-state index contributed by atoms with van der Waals surface area (Å²) in [6, 6.07) is -1.16. The van der Waals surface area contributed by atoms with Crippen LogP contribution in [0.2, 0.25) is 0 Å². The second-order valence-electron chi connectivity index (χ2n) is 12.5. The van der Waals surface area contributed by atoms with Gasteiger partial charge >= 0.3 is 11.9 Å². The summed E-state index contributed by atoms with van der Waals surface area (Å²) in [6.45, 7) is 5.09. The third-order valence-corrected chi connectivity index (χ3v) is 8.12. The molecule has 17 nitrogen and oxygen atoms in total. The van der Waals surface area contributed by atoms with E-state index in [1.807, 2.05) is 0 Å². The lowest BCUT2D eigenvalue weighted by Crippen LogP contribution is -2.59. The van der Waals surface area contributed by atoms with Crippen LogP contribution in [0, 0.1) is 5.92 Å². The third-order valence-electron chi connectivity index (χ3n) is 8.12. The van der Waals surface area contributed by atoms with Crippen LogP contribution in [0.1, 0.15) is 64.9 Å². The Bertz CT molecular complexity index is 1340. The molecule has 1 heterocycles. The summed E-state index contributed by atoms with van der Waals surface area (Å²) < 4.78 is 0. The molecule has 6 atom stereocenters. The zero-order valence-corrected chi connectivity index (χ0v) is 28.0. The van der Waals surface area contributed by atoms with Crippen LogP contribution >= 0.6 is 0 Å². The fourth-order valence-corrected chi connectivity index (χ4v) is 5.34. The molecule has 11 N–H and O–H groups in total. The van der Waals surface area contributed by atoms with Crippen molar-refractivity contribution in [2.45, 2.75) is 102 Å². The van der Waals surface area contributed by atoms with Crippen LogP contribution in [0.4, 0.5) is 0 Å². The summed E-state index contributed by atoms with van der Waals surface area (Å²) in [5, 5.41) is 38.3. The van der Waals surface area contributed by atoms with Crippen molar-refractivity contribution in [3.8, 4) is 5.75 Å². The number of carbonyl (C=O) groups is 7. The SMILES string of the molecule is CC(C)[C@H](NC(=O)[C@@H](N)Cc1ccc(O)cc1)C(=O)N[C@@H](C)C(=O)N[C@@H](CC(=O)O)C(=O)N1CCC[C@H]1C(=O)N[C@@H](CCCCN)C(=O)O. The fraction of sp³-hybridized carbons (Fsp3) is 0.594. The van der Waals surface area contributed by atoms with Gasteiger partial charge in [0.25, 0.3) is 0 Å². The van der Waals surface area contributed by atoms with Crippen molar-refractivity contribution in [2.75, 3.05) is 13.1 Å². The first-order valence-electron chi connectivity index (χ1n) is 16.3. The van der Waals surface area contributed by atoms with E-state index in [0.29, 0.717) is 31.4 Å². The molecule has 0 bridgehead atoms. The zero-order valence-electron chi connectivity index (χ0n) is 28.0. The number of nitrogens with two attached hydrogens (primary N) is 2. The number of phenolic OH excluding ortho intramolecular Hbond substituents is 1. The summed E-state index contributed by atoms with van der Waals surface area (Å²) in [4.78, 5) is 90.2. The van der Waals surface area contributed by atoms with E-state index in [0.717, 1.165) is 4.90 Å². The molecule has 0 aromatic heterocycles. The number of aromatic hydroxyl groups is 1. The summed E-state index contributed by atoms with van der Waals surface area (Å²) in [5.41, 5.74) is 12.2. The molecule has 1 aromatic carbocycles.